The van der Waals surface area contributed by atoms with Crippen LogP contribution in [0.25, 0.3) is 6.08 Å². The number of cyclic esters (lactones) is 2. The van der Waals surface area contributed by atoms with Gasteiger partial charge in [-0.2, -0.15) is 0 Å². The Morgan fingerprint density at radius 3 is 2.00 bits per heavy atom. The maximum absolute atomic E-state index is 11.9. The van der Waals surface area contributed by atoms with E-state index in [1.54, 1.807) is 0 Å². The van der Waals surface area contributed by atoms with Crippen molar-refractivity contribution in [2.75, 3.05) is 0 Å². The van der Waals surface area contributed by atoms with Crippen LogP contribution in [0.5, 0.6) is 0 Å². The molecule has 0 aromatic heterocycles. The molecule has 0 radical (unpaired) electrons. The molecule has 1 heterocycles. The summed E-state index contributed by atoms with van der Waals surface area (Å²) in [6, 6.07) is 7.80. The summed E-state index contributed by atoms with van der Waals surface area (Å²) in [5.41, 5.74) is 1.99. The van der Waals surface area contributed by atoms with Crippen molar-refractivity contribution in [2.45, 2.75) is 52.2 Å². The average Bonchev–Trinajstić information content (AvgIpc) is 2.42. The monoisotopic (exact) mass is 302 g/mol. The highest BCUT2D eigenvalue weighted by molar-refractivity contribution is 6.18. The lowest BCUT2D eigenvalue weighted by Crippen LogP contribution is -2.41. The maximum Gasteiger partial charge on any atom is 0.348 e. The number of ether oxygens (including phenoxy) is 2. The van der Waals surface area contributed by atoms with Crippen LogP contribution in [0.1, 0.15) is 52.2 Å². The zero-order chi connectivity index (χ0) is 16.5. The molecule has 0 unspecified atom stereocenters. The molecule has 0 spiro atoms. The molecule has 1 aromatic carbocycles. The highest BCUT2D eigenvalue weighted by atomic mass is 16.7. The topological polar surface area (TPSA) is 52.6 Å². The first-order valence-corrected chi connectivity index (χ1v) is 7.43. The van der Waals surface area contributed by atoms with Gasteiger partial charge in [0.25, 0.3) is 5.79 Å². The van der Waals surface area contributed by atoms with Gasteiger partial charge in [0.05, 0.1) is 0 Å². The summed E-state index contributed by atoms with van der Waals surface area (Å²) in [6.45, 7) is 9.56. The van der Waals surface area contributed by atoms with Gasteiger partial charge in [-0.05, 0) is 29.0 Å². The van der Waals surface area contributed by atoms with Gasteiger partial charge in [0, 0.05) is 13.8 Å². The van der Waals surface area contributed by atoms with Gasteiger partial charge in [0.2, 0.25) is 0 Å². The molecular formula is C18H22O4. The van der Waals surface area contributed by atoms with E-state index in [2.05, 4.69) is 20.8 Å². The second-order valence-corrected chi connectivity index (χ2v) is 6.60. The van der Waals surface area contributed by atoms with E-state index in [-0.39, 0.29) is 11.0 Å². The molecule has 1 aliphatic rings. The smallest absolute Gasteiger partial charge is 0.348 e. The van der Waals surface area contributed by atoms with Crippen molar-refractivity contribution in [1.82, 2.24) is 0 Å². The third-order valence-electron chi connectivity index (χ3n) is 4.00. The minimum Gasteiger partial charge on any atom is -0.419 e. The van der Waals surface area contributed by atoms with E-state index in [9.17, 15) is 9.59 Å². The van der Waals surface area contributed by atoms with Crippen molar-refractivity contribution in [1.29, 1.82) is 0 Å². The van der Waals surface area contributed by atoms with E-state index in [0.717, 1.165) is 12.0 Å². The van der Waals surface area contributed by atoms with E-state index in [0.29, 0.717) is 0 Å². The number of hydrogen-bond donors (Lipinski definition) is 0. The molecule has 22 heavy (non-hydrogen) atoms. The van der Waals surface area contributed by atoms with E-state index in [1.165, 1.54) is 25.5 Å². The van der Waals surface area contributed by atoms with Crippen molar-refractivity contribution in [3.63, 3.8) is 0 Å². The molecule has 4 heteroatoms. The molecule has 0 bridgehead atoms. The molecule has 1 saturated heterocycles. The van der Waals surface area contributed by atoms with Crippen LogP contribution >= 0.6 is 0 Å². The van der Waals surface area contributed by atoms with Crippen molar-refractivity contribution in [2.24, 2.45) is 0 Å². The molecule has 4 nitrogen and oxygen atoms in total. The first kappa shape index (κ1) is 16.3. The Labute approximate surface area is 131 Å². The fraction of sp³-hybridized carbons (Fsp3) is 0.444. The van der Waals surface area contributed by atoms with E-state index in [1.807, 2.05) is 24.3 Å². The van der Waals surface area contributed by atoms with E-state index < -0.39 is 17.7 Å². The van der Waals surface area contributed by atoms with Crippen LogP contribution in [0.15, 0.2) is 29.8 Å². The summed E-state index contributed by atoms with van der Waals surface area (Å²) in [5, 5.41) is 0. The molecule has 0 atom stereocenters. The molecule has 0 saturated carbocycles. The lowest BCUT2D eigenvalue weighted by atomic mass is 9.82. The van der Waals surface area contributed by atoms with Gasteiger partial charge < -0.3 is 9.47 Å². The first-order chi connectivity index (χ1) is 10.1. The predicted molar refractivity (Wildman–Crippen MR) is 84.0 cm³/mol. The quantitative estimate of drug-likeness (QED) is 0.486. The molecule has 1 aromatic rings. The second-order valence-electron chi connectivity index (χ2n) is 6.60. The Hall–Kier alpha value is -2.10. The predicted octanol–water partition coefficient (Wildman–Crippen LogP) is 3.59. The molecule has 0 amide bonds. The van der Waals surface area contributed by atoms with Crippen LogP contribution < -0.4 is 0 Å². The third-order valence-corrected chi connectivity index (χ3v) is 4.00. The Bertz CT molecular complexity index is 599. The number of benzene rings is 1. The Morgan fingerprint density at radius 1 is 1.05 bits per heavy atom. The summed E-state index contributed by atoms with van der Waals surface area (Å²) < 4.78 is 10.1. The number of hydrogen-bond acceptors (Lipinski definition) is 4. The zero-order valence-corrected chi connectivity index (χ0v) is 13.7. The average molecular weight is 302 g/mol. The van der Waals surface area contributed by atoms with Gasteiger partial charge in [-0.25, -0.2) is 9.59 Å². The Kier molecular flexibility index (Phi) is 4.14. The second kappa shape index (κ2) is 5.59. The standard InChI is InChI=1S/C18H22O4/c1-6-17(2,3)13-9-7-12(8-10-13)11-14-15(19)21-18(4,5)22-16(14)20/h7-11H,6H2,1-5H3. The van der Waals surface area contributed by atoms with Gasteiger partial charge in [-0.3, -0.25) is 0 Å². The highest BCUT2D eigenvalue weighted by Crippen LogP contribution is 2.28. The van der Waals surface area contributed by atoms with Gasteiger partial charge in [0.15, 0.2) is 0 Å². The summed E-state index contributed by atoms with van der Waals surface area (Å²) in [6.07, 6.45) is 2.53. The lowest BCUT2D eigenvalue weighted by molar-refractivity contribution is -0.222. The van der Waals surface area contributed by atoms with Gasteiger partial charge in [-0.1, -0.05) is 45.0 Å². The molecule has 0 N–H and O–H groups in total. The van der Waals surface area contributed by atoms with E-state index in [4.69, 9.17) is 9.47 Å². The van der Waals surface area contributed by atoms with E-state index >= 15 is 0 Å². The molecule has 2 rings (SSSR count). The van der Waals surface area contributed by atoms with Gasteiger partial charge >= 0.3 is 11.9 Å². The fourth-order valence-corrected chi connectivity index (χ4v) is 2.18. The number of esters is 2. The number of rotatable bonds is 3. The van der Waals surface area contributed by atoms with Crippen LogP contribution in [0, 0.1) is 0 Å². The summed E-state index contributed by atoms with van der Waals surface area (Å²) in [4.78, 5) is 23.8. The zero-order valence-electron chi connectivity index (χ0n) is 13.7. The molecule has 0 aliphatic carbocycles. The molecule has 118 valence electrons. The minimum absolute atomic E-state index is 0.0816. The van der Waals surface area contributed by atoms with Crippen LogP contribution in [-0.4, -0.2) is 17.7 Å². The van der Waals surface area contributed by atoms with Crippen molar-refractivity contribution in [3.05, 3.63) is 41.0 Å². The lowest BCUT2D eigenvalue weighted by Gasteiger charge is -2.29. The molecular weight excluding hydrogens is 280 g/mol. The fourth-order valence-electron chi connectivity index (χ4n) is 2.18. The summed E-state index contributed by atoms with van der Waals surface area (Å²) in [5.74, 6) is -2.51. The van der Waals surface area contributed by atoms with Crippen LogP contribution in [-0.2, 0) is 24.5 Å². The van der Waals surface area contributed by atoms with Gasteiger partial charge in [-0.15, -0.1) is 0 Å². The van der Waals surface area contributed by atoms with Crippen LogP contribution in [0.2, 0.25) is 0 Å². The first-order valence-electron chi connectivity index (χ1n) is 7.43. The summed E-state index contributed by atoms with van der Waals surface area (Å²) in [7, 11) is 0. The Morgan fingerprint density at radius 2 is 1.55 bits per heavy atom. The van der Waals surface area contributed by atoms with Crippen LogP contribution in [0.4, 0.5) is 0 Å². The molecule has 1 aliphatic heterocycles. The van der Waals surface area contributed by atoms with Crippen molar-refractivity contribution >= 4 is 18.0 Å². The number of carbonyl (C=O) groups is 2. The van der Waals surface area contributed by atoms with Gasteiger partial charge in [0.1, 0.15) is 5.57 Å². The molecule has 1 fully saturated rings. The van der Waals surface area contributed by atoms with Crippen molar-refractivity contribution < 1.29 is 19.1 Å². The number of carbonyl (C=O) groups excluding carboxylic acids is 2. The maximum atomic E-state index is 11.9. The normalized spacial score (nSPS) is 17.8. The minimum atomic E-state index is -1.21. The largest absolute Gasteiger partial charge is 0.419 e. The van der Waals surface area contributed by atoms with Crippen LogP contribution in [0.3, 0.4) is 0 Å². The highest BCUT2D eigenvalue weighted by Gasteiger charge is 2.38. The summed E-state index contributed by atoms with van der Waals surface area (Å²) >= 11 is 0. The SMILES string of the molecule is CCC(C)(C)c1ccc(C=C2C(=O)OC(C)(C)OC2=O)cc1. The third kappa shape index (κ3) is 3.38. The van der Waals surface area contributed by atoms with Crippen molar-refractivity contribution in [3.8, 4) is 0 Å². The Balaban J connectivity index is 2.27.